The van der Waals surface area contributed by atoms with Gasteiger partial charge in [0.2, 0.25) is 17.8 Å². The monoisotopic (exact) mass is 699 g/mol. The number of nitriles is 1. The average Bonchev–Trinajstić information content (AvgIpc) is 3.17. The summed E-state index contributed by atoms with van der Waals surface area (Å²) in [6.07, 6.45) is 3.08. The molecule has 6 rings (SSSR count). The van der Waals surface area contributed by atoms with Crippen molar-refractivity contribution in [1.29, 1.82) is 5.26 Å². The van der Waals surface area contributed by atoms with Crippen molar-refractivity contribution >= 4 is 35.4 Å². The van der Waals surface area contributed by atoms with Crippen LogP contribution in [0, 0.1) is 11.3 Å². The number of H-pyrrole nitrogens is 1. The smallest absolute Gasteiger partial charge is 0.328 e. The molecule has 1 aliphatic heterocycles. The molecule has 3 aromatic carbocycles. The van der Waals surface area contributed by atoms with Crippen molar-refractivity contribution in [2.45, 2.75) is 25.6 Å². The summed E-state index contributed by atoms with van der Waals surface area (Å²) >= 11 is 0. The molecule has 15 heteroatoms. The third-order valence-corrected chi connectivity index (χ3v) is 8.40. The van der Waals surface area contributed by atoms with Crippen molar-refractivity contribution < 1.29 is 14.3 Å². The van der Waals surface area contributed by atoms with Crippen molar-refractivity contribution in [2.24, 2.45) is 0 Å². The summed E-state index contributed by atoms with van der Waals surface area (Å²) in [5.41, 5.74) is 3.56. The van der Waals surface area contributed by atoms with Crippen LogP contribution in [0.5, 0.6) is 0 Å². The van der Waals surface area contributed by atoms with Crippen LogP contribution in [0.3, 0.4) is 0 Å². The van der Waals surface area contributed by atoms with Gasteiger partial charge in [-0.3, -0.25) is 14.5 Å². The minimum Gasteiger partial charge on any atom is -0.467 e. The molecule has 52 heavy (non-hydrogen) atoms. The van der Waals surface area contributed by atoms with Crippen LogP contribution in [0.15, 0.2) is 96.1 Å². The number of nitrogens with zero attached hydrogens (tertiary/aromatic N) is 7. The van der Waals surface area contributed by atoms with Crippen LogP contribution in [-0.4, -0.2) is 85.9 Å². The highest BCUT2D eigenvalue weighted by molar-refractivity contribution is 5.92. The maximum absolute atomic E-state index is 12.9. The van der Waals surface area contributed by atoms with Crippen molar-refractivity contribution in [3.8, 4) is 6.07 Å². The van der Waals surface area contributed by atoms with Gasteiger partial charge in [0.1, 0.15) is 6.04 Å². The lowest BCUT2D eigenvalue weighted by molar-refractivity contribution is -0.141. The van der Waals surface area contributed by atoms with Crippen molar-refractivity contribution in [2.75, 3.05) is 49.2 Å². The molecule has 1 saturated heterocycles. The van der Waals surface area contributed by atoms with Crippen LogP contribution in [0.1, 0.15) is 32.7 Å². The normalized spacial score (nSPS) is 13.4. The van der Waals surface area contributed by atoms with E-state index >= 15 is 0 Å². The van der Waals surface area contributed by atoms with Crippen LogP contribution in [0.4, 0.5) is 23.5 Å². The molecule has 1 fully saturated rings. The number of carbonyl (C=O) groups is 2. The summed E-state index contributed by atoms with van der Waals surface area (Å²) in [6, 6.07) is 25.9. The maximum atomic E-state index is 12.9. The molecule has 0 aliphatic carbocycles. The number of aromatic nitrogens is 5. The van der Waals surface area contributed by atoms with Gasteiger partial charge in [-0.25, -0.2) is 9.78 Å². The second kappa shape index (κ2) is 16.8. The fraction of sp³-hybridized carbons (Fsp3) is 0.243. The Labute approximate surface area is 299 Å². The third kappa shape index (κ3) is 9.31. The molecule has 0 saturated carbocycles. The van der Waals surface area contributed by atoms with Gasteiger partial charge in [-0.1, -0.05) is 54.6 Å². The zero-order valence-electron chi connectivity index (χ0n) is 28.5. The Morgan fingerprint density at radius 3 is 2.37 bits per heavy atom. The number of nitrogens with one attached hydrogen (secondary N) is 4. The first-order chi connectivity index (χ1) is 25.4. The lowest BCUT2D eigenvalue weighted by Gasteiger charge is -2.34. The van der Waals surface area contributed by atoms with Gasteiger partial charge in [-0.2, -0.15) is 20.2 Å². The molecule has 2 aromatic heterocycles. The van der Waals surface area contributed by atoms with E-state index in [0.29, 0.717) is 50.8 Å². The first-order valence-corrected chi connectivity index (χ1v) is 16.7. The number of rotatable bonds is 13. The third-order valence-electron chi connectivity index (χ3n) is 8.40. The van der Waals surface area contributed by atoms with E-state index in [1.165, 1.54) is 19.5 Å². The fourth-order valence-electron chi connectivity index (χ4n) is 5.69. The minimum absolute atomic E-state index is 0.100. The molecule has 4 N–H and O–H groups in total. The van der Waals surface area contributed by atoms with E-state index < -0.39 is 17.6 Å². The number of hydrogen-bond donors (Lipinski definition) is 4. The van der Waals surface area contributed by atoms with Gasteiger partial charge < -0.3 is 30.6 Å². The van der Waals surface area contributed by atoms with E-state index in [2.05, 4.69) is 51.8 Å². The fourth-order valence-corrected chi connectivity index (χ4v) is 5.69. The summed E-state index contributed by atoms with van der Waals surface area (Å²) in [7, 11) is 1.32. The van der Waals surface area contributed by atoms with E-state index in [0.717, 1.165) is 22.4 Å². The zero-order chi connectivity index (χ0) is 36.3. The van der Waals surface area contributed by atoms with Gasteiger partial charge in [0, 0.05) is 63.8 Å². The molecular formula is C37H37N11O4. The Bertz CT molecular complexity index is 2090. The molecule has 0 bridgehead atoms. The van der Waals surface area contributed by atoms with Crippen molar-refractivity contribution in [1.82, 2.24) is 34.7 Å². The van der Waals surface area contributed by atoms with Crippen LogP contribution in [0.2, 0.25) is 0 Å². The first-order valence-electron chi connectivity index (χ1n) is 16.7. The number of hydrogen-bond acceptors (Lipinski definition) is 13. The predicted octanol–water partition coefficient (Wildman–Crippen LogP) is 3.34. The first kappa shape index (κ1) is 35.2. The summed E-state index contributed by atoms with van der Waals surface area (Å²) in [4.78, 5) is 61.9. The quantitative estimate of drug-likeness (QED) is 0.131. The minimum atomic E-state index is -0.820. The Morgan fingerprint density at radius 2 is 1.63 bits per heavy atom. The Kier molecular flexibility index (Phi) is 11.4. The van der Waals surface area contributed by atoms with E-state index in [9.17, 15) is 14.4 Å². The molecule has 264 valence electrons. The average molecular weight is 700 g/mol. The van der Waals surface area contributed by atoms with Gasteiger partial charge in [0.15, 0.2) is 5.69 Å². The van der Waals surface area contributed by atoms with Crippen molar-refractivity contribution in [3.63, 3.8) is 0 Å². The van der Waals surface area contributed by atoms with Gasteiger partial charge in [-0.05, 0) is 41.0 Å². The van der Waals surface area contributed by atoms with Gasteiger partial charge in [0.25, 0.3) is 11.5 Å². The molecular weight excluding hydrogens is 662 g/mol. The number of anilines is 4. The number of benzene rings is 3. The maximum Gasteiger partial charge on any atom is 0.328 e. The van der Waals surface area contributed by atoms with Gasteiger partial charge in [-0.15, -0.1) is 0 Å². The number of ether oxygens (including phenoxy) is 1. The Balaban J connectivity index is 1.16. The molecule has 1 atom stereocenters. The molecule has 0 unspecified atom stereocenters. The molecule has 0 radical (unpaired) electrons. The van der Waals surface area contributed by atoms with Crippen LogP contribution in [-0.2, 0) is 29.0 Å². The largest absolute Gasteiger partial charge is 0.467 e. The van der Waals surface area contributed by atoms with E-state index in [1.54, 1.807) is 29.2 Å². The zero-order valence-corrected chi connectivity index (χ0v) is 28.5. The molecule has 0 spiro atoms. The Morgan fingerprint density at radius 1 is 0.904 bits per heavy atom. The summed E-state index contributed by atoms with van der Waals surface area (Å²) in [5, 5.41) is 18.8. The Hall–Kier alpha value is -6.66. The van der Waals surface area contributed by atoms with Crippen molar-refractivity contribution in [3.05, 3.63) is 130 Å². The second-order valence-corrected chi connectivity index (χ2v) is 12.0. The number of methoxy groups -OCH3 is 1. The molecule has 3 heterocycles. The van der Waals surface area contributed by atoms with E-state index in [-0.39, 0.29) is 29.9 Å². The van der Waals surface area contributed by atoms with Crippen LogP contribution < -0.4 is 21.5 Å². The summed E-state index contributed by atoms with van der Waals surface area (Å²) < 4.78 is 5.09. The number of esters is 1. The van der Waals surface area contributed by atoms with Gasteiger partial charge in [0.05, 0.1) is 18.7 Å². The van der Waals surface area contributed by atoms with E-state index in [1.807, 2.05) is 54.6 Å². The van der Waals surface area contributed by atoms with Crippen LogP contribution in [0.25, 0.3) is 0 Å². The number of amides is 1. The summed E-state index contributed by atoms with van der Waals surface area (Å²) in [6.45, 7) is 3.33. The highest BCUT2D eigenvalue weighted by Crippen LogP contribution is 2.20. The highest BCUT2D eigenvalue weighted by atomic mass is 16.5. The second-order valence-electron chi connectivity index (χ2n) is 12.0. The predicted molar refractivity (Wildman–Crippen MR) is 194 cm³/mol. The lowest BCUT2D eigenvalue weighted by atomic mass is 10.0. The van der Waals surface area contributed by atoms with Gasteiger partial charge >= 0.3 is 5.97 Å². The molecule has 15 nitrogen and oxygen atoms in total. The number of piperazine rings is 1. The molecule has 1 aliphatic rings. The van der Waals surface area contributed by atoms with E-state index in [4.69, 9.17) is 10.00 Å². The topological polar surface area (TPSA) is 194 Å². The number of carbonyl (C=O) groups excluding carboxylic acids is 2. The SMILES string of the molecule is COC(=O)[C@H](Cc1ccc(C#N)cc1)Nc1nc(NCc2ccccc2)nc(Nc2cccc(CN3CCN(C(=O)c4ncc[nH]c4=O)CC3)c2)n1. The molecule has 1 amide bonds. The lowest BCUT2D eigenvalue weighted by Crippen LogP contribution is -2.49. The van der Waals surface area contributed by atoms with Crippen LogP contribution >= 0.6 is 0 Å². The number of aromatic amines is 1. The molecule has 5 aromatic rings. The summed E-state index contributed by atoms with van der Waals surface area (Å²) in [5.74, 6) is -0.163. The standard InChI is InChI=1S/C37H37N11O4/c1-52-34(51)30(21-25-10-12-26(22-38)13-11-25)43-37-45-35(41-23-27-6-3-2-4-7-27)44-36(46-37)42-29-9-5-8-28(20-29)24-47-16-18-48(19-17-47)33(50)31-32(49)40-15-14-39-31/h2-15,20,30H,16-19,21,23-24H2,1H3,(H,40,49)(H3,41,42,43,44,45,46)/t30-/m0/s1. The highest BCUT2D eigenvalue weighted by Gasteiger charge is 2.25.